The van der Waals surface area contributed by atoms with Gasteiger partial charge in [0.25, 0.3) is 5.91 Å². The van der Waals surface area contributed by atoms with Gasteiger partial charge in [-0.1, -0.05) is 48.5 Å². The van der Waals surface area contributed by atoms with Crippen LogP contribution in [0.4, 0.5) is 5.69 Å². The number of para-hydroxylation sites is 1. The van der Waals surface area contributed by atoms with Crippen LogP contribution in [0, 0.1) is 0 Å². The molecular weight excluding hydrogens is 238 g/mol. The molecule has 0 radical (unpaired) electrons. The third-order valence-corrected chi connectivity index (χ3v) is 3.49. The molecule has 0 spiro atoms. The molecule has 3 rings (SSSR count). The lowest BCUT2D eigenvalue weighted by Crippen LogP contribution is -2.30. The number of aliphatic hydroxyl groups excluding tert-OH is 1. The molecule has 3 nitrogen and oxygen atoms in total. The van der Waals surface area contributed by atoms with Gasteiger partial charge < -0.3 is 10.0 Å². The number of amides is 1. The van der Waals surface area contributed by atoms with Gasteiger partial charge in [-0.05, 0) is 18.1 Å². The van der Waals surface area contributed by atoms with E-state index in [2.05, 4.69) is 0 Å². The second-order valence-electron chi connectivity index (χ2n) is 4.69. The van der Waals surface area contributed by atoms with Crippen LogP contribution in [0.5, 0.6) is 0 Å². The van der Waals surface area contributed by atoms with Crippen molar-refractivity contribution in [1.29, 1.82) is 0 Å². The summed E-state index contributed by atoms with van der Waals surface area (Å²) in [6, 6.07) is 17.5. The van der Waals surface area contributed by atoms with Gasteiger partial charge in [0.15, 0.2) is 6.10 Å². The molecule has 2 aromatic carbocycles. The Kier molecular flexibility index (Phi) is 3.05. The summed E-state index contributed by atoms with van der Waals surface area (Å²) in [5.74, 6) is -0.225. The van der Waals surface area contributed by atoms with E-state index >= 15 is 0 Å². The van der Waals surface area contributed by atoms with E-state index in [0.29, 0.717) is 12.1 Å². The molecule has 0 fully saturated rings. The summed E-state index contributed by atoms with van der Waals surface area (Å²) < 4.78 is 0. The molecule has 3 heteroatoms. The normalized spacial score (nSPS) is 17.6. The molecule has 0 saturated carbocycles. The molecule has 0 saturated heterocycles. The Morgan fingerprint density at radius 3 is 2.47 bits per heavy atom. The molecule has 1 unspecified atom stereocenters. The summed E-state index contributed by atoms with van der Waals surface area (Å²) in [6.07, 6.45) is -0.222. The summed E-state index contributed by atoms with van der Waals surface area (Å²) in [5.41, 5.74) is 2.73. The average molecular weight is 253 g/mol. The predicted octanol–water partition coefficient (Wildman–Crippen LogP) is 2.31. The minimum atomic E-state index is -1.01. The monoisotopic (exact) mass is 253 g/mol. The van der Waals surface area contributed by atoms with Crippen LogP contribution in [0.1, 0.15) is 17.2 Å². The van der Waals surface area contributed by atoms with Gasteiger partial charge in [0.1, 0.15) is 0 Å². The van der Waals surface area contributed by atoms with Crippen molar-refractivity contribution in [2.75, 3.05) is 11.4 Å². The lowest BCUT2D eigenvalue weighted by Gasteiger charge is -2.17. The molecule has 1 amide bonds. The van der Waals surface area contributed by atoms with Crippen molar-refractivity contribution in [3.8, 4) is 0 Å². The van der Waals surface area contributed by atoms with E-state index in [-0.39, 0.29) is 5.91 Å². The Balaban J connectivity index is 1.80. The van der Waals surface area contributed by atoms with E-state index in [1.165, 1.54) is 5.56 Å². The van der Waals surface area contributed by atoms with Crippen molar-refractivity contribution >= 4 is 11.6 Å². The van der Waals surface area contributed by atoms with Crippen molar-refractivity contribution in [3.63, 3.8) is 0 Å². The Morgan fingerprint density at radius 2 is 1.68 bits per heavy atom. The van der Waals surface area contributed by atoms with Crippen molar-refractivity contribution in [1.82, 2.24) is 0 Å². The maximum Gasteiger partial charge on any atom is 0.260 e. The van der Waals surface area contributed by atoms with Gasteiger partial charge in [0.05, 0.1) is 5.69 Å². The van der Waals surface area contributed by atoms with E-state index < -0.39 is 6.10 Å². The summed E-state index contributed by atoms with van der Waals surface area (Å²) >= 11 is 0. The first kappa shape index (κ1) is 11.9. The van der Waals surface area contributed by atoms with E-state index in [1.54, 1.807) is 11.0 Å². The van der Waals surface area contributed by atoms with E-state index in [1.807, 2.05) is 48.5 Å². The predicted molar refractivity (Wildman–Crippen MR) is 73.9 cm³/mol. The fourth-order valence-electron chi connectivity index (χ4n) is 2.48. The highest BCUT2D eigenvalue weighted by Crippen LogP contribution is 2.35. The molecule has 0 bridgehead atoms. The van der Waals surface area contributed by atoms with Crippen LogP contribution >= 0.6 is 0 Å². The van der Waals surface area contributed by atoms with Crippen molar-refractivity contribution in [2.45, 2.75) is 12.5 Å². The summed E-state index contributed by atoms with van der Waals surface area (Å²) in [6.45, 7) is 0.594. The number of carbonyl (C=O) groups is 1. The fraction of sp³-hybridized carbons (Fsp3) is 0.188. The molecule has 1 atom stereocenters. The lowest BCUT2D eigenvalue weighted by atomic mass is 10.1. The first-order chi connectivity index (χ1) is 9.27. The van der Waals surface area contributed by atoms with Crippen LogP contribution < -0.4 is 4.90 Å². The highest BCUT2D eigenvalue weighted by Gasteiger charge is 2.34. The van der Waals surface area contributed by atoms with E-state index in [9.17, 15) is 9.90 Å². The maximum absolute atomic E-state index is 12.1. The van der Waals surface area contributed by atoms with Crippen LogP contribution in [0.3, 0.4) is 0 Å². The van der Waals surface area contributed by atoms with E-state index in [4.69, 9.17) is 0 Å². The van der Waals surface area contributed by atoms with Gasteiger partial charge in [-0.15, -0.1) is 0 Å². The quantitative estimate of drug-likeness (QED) is 0.912. The molecule has 1 aliphatic rings. The van der Waals surface area contributed by atoms with Crippen molar-refractivity contribution in [2.24, 2.45) is 0 Å². The van der Waals surface area contributed by atoms with E-state index in [0.717, 1.165) is 12.1 Å². The Morgan fingerprint density at radius 1 is 1.00 bits per heavy atom. The zero-order valence-corrected chi connectivity index (χ0v) is 10.5. The number of nitrogens with zero attached hydrogens (tertiary/aromatic N) is 1. The SMILES string of the molecule is O=C1C(O)c2ccccc2N1CCc1ccccc1. The standard InChI is InChI=1S/C16H15NO2/c18-15-13-8-4-5-9-14(13)17(16(15)19)11-10-12-6-2-1-3-7-12/h1-9,15,18H,10-11H2. The zero-order chi connectivity index (χ0) is 13.2. The molecule has 1 aliphatic heterocycles. The Hall–Kier alpha value is -2.13. The molecule has 1 heterocycles. The Labute approximate surface area is 112 Å². The van der Waals surface area contributed by atoms with Gasteiger partial charge in [-0.2, -0.15) is 0 Å². The zero-order valence-electron chi connectivity index (χ0n) is 10.5. The number of fused-ring (bicyclic) bond motifs is 1. The second kappa shape index (κ2) is 4.86. The molecule has 96 valence electrons. The van der Waals surface area contributed by atoms with Crippen LogP contribution in [0.25, 0.3) is 0 Å². The van der Waals surface area contributed by atoms with Crippen LogP contribution in [0.15, 0.2) is 54.6 Å². The molecule has 0 aliphatic carbocycles. The summed E-state index contributed by atoms with van der Waals surface area (Å²) in [7, 11) is 0. The fourth-order valence-corrected chi connectivity index (χ4v) is 2.48. The Bertz CT molecular complexity index is 595. The van der Waals surface area contributed by atoms with Gasteiger partial charge in [0.2, 0.25) is 0 Å². The van der Waals surface area contributed by atoms with Crippen molar-refractivity contribution in [3.05, 3.63) is 65.7 Å². The first-order valence-electron chi connectivity index (χ1n) is 6.39. The van der Waals surface area contributed by atoms with Crippen LogP contribution in [0.2, 0.25) is 0 Å². The molecular formula is C16H15NO2. The van der Waals surface area contributed by atoms with Gasteiger partial charge >= 0.3 is 0 Å². The number of anilines is 1. The topological polar surface area (TPSA) is 40.5 Å². The average Bonchev–Trinajstić information content (AvgIpc) is 2.71. The molecule has 0 aromatic heterocycles. The summed E-state index contributed by atoms with van der Waals surface area (Å²) in [4.78, 5) is 13.7. The summed E-state index contributed by atoms with van der Waals surface area (Å²) in [5, 5.41) is 9.93. The lowest BCUT2D eigenvalue weighted by molar-refractivity contribution is -0.125. The number of benzene rings is 2. The largest absolute Gasteiger partial charge is 0.378 e. The molecule has 19 heavy (non-hydrogen) atoms. The van der Waals surface area contributed by atoms with Gasteiger partial charge in [-0.3, -0.25) is 4.79 Å². The van der Waals surface area contributed by atoms with Crippen LogP contribution in [-0.2, 0) is 11.2 Å². The number of hydrogen-bond acceptors (Lipinski definition) is 2. The third kappa shape index (κ3) is 2.13. The van der Waals surface area contributed by atoms with Crippen molar-refractivity contribution < 1.29 is 9.90 Å². The number of aliphatic hydroxyl groups is 1. The number of hydrogen-bond donors (Lipinski definition) is 1. The van der Waals surface area contributed by atoms with Crippen LogP contribution in [-0.4, -0.2) is 17.6 Å². The smallest absolute Gasteiger partial charge is 0.260 e. The minimum Gasteiger partial charge on any atom is -0.378 e. The minimum absolute atomic E-state index is 0.225. The molecule has 1 N–H and O–H groups in total. The maximum atomic E-state index is 12.1. The van der Waals surface area contributed by atoms with Gasteiger partial charge in [-0.25, -0.2) is 0 Å². The highest BCUT2D eigenvalue weighted by molar-refractivity contribution is 6.03. The molecule has 2 aromatic rings. The van der Waals surface area contributed by atoms with Gasteiger partial charge in [0, 0.05) is 12.1 Å². The number of rotatable bonds is 3. The third-order valence-electron chi connectivity index (χ3n) is 3.49. The highest BCUT2D eigenvalue weighted by atomic mass is 16.3. The first-order valence-corrected chi connectivity index (χ1v) is 6.39. The second-order valence-corrected chi connectivity index (χ2v) is 4.69. The number of carbonyl (C=O) groups excluding carboxylic acids is 1.